The van der Waals surface area contributed by atoms with Crippen molar-refractivity contribution in [2.45, 2.75) is 109 Å². The van der Waals surface area contributed by atoms with Gasteiger partial charge in [-0.15, -0.1) is 0 Å². The lowest BCUT2D eigenvalue weighted by molar-refractivity contribution is 0.280. The fourth-order valence-electron chi connectivity index (χ4n) is 6.57. The summed E-state index contributed by atoms with van der Waals surface area (Å²) < 4.78 is 0. The van der Waals surface area contributed by atoms with Crippen LogP contribution in [0.3, 0.4) is 0 Å². The van der Waals surface area contributed by atoms with E-state index < -0.39 is 0 Å². The Hall–Kier alpha value is -1.34. The first kappa shape index (κ1) is 23.8. The summed E-state index contributed by atoms with van der Waals surface area (Å²) >= 11 is 0. The van der Waals surface area contributed by atoms with Crippen LogP contribution in [0, 0.1) is 11.8 Å². The standard InChI is InChI=1S/C31H46Si/c1-3-5-25-8-12-28(13-9-25)30-16-18-31(19-17-30)29-14-10-26(11-15-29)6-7-27-20-23-32(22-4-2)24-21-27/h8-9,12-13,16-19,26-27,29,32H,3-7,10-11,14-15,20-24H2,1-2H3. The lowest BCUT2D eigenvalue weighted by Gasteiger charge is -2.32. The lowest BCUT2D eigenvalue weighted by Crippen LogP contribution is -2.22. The summed E-state index contributed by atoms with van der Waals surface area (Å²) in [5.74, 6) is 2.89. The Morgan fingerprint density at radius 3 is 1.78 bits per heavy atom. The van der Waals surface area contributed by atoms with Gasteiger partial charge in [0.25, 0.3) is 0 Å². The first-order valence-electron chi connectivity index (χ1n) is 13.9. The molecule has 1 aliphatic carbocycles. The molecule has 1 heteroatoms. The van der Waals surface area contributed by atoms with Crippen LogP contribution >= 0.6 is 0 Å². The third-order valence-corrected chi connectivity index (χ3v) is 12.4. The van der Waals surface area contributed by atoms with Gasteiger partial charge in [0.05, 0.1) is 0 Å². The molecule has 174 valence electrons. The topological polar surface area (TPSA) is 0 Å². The van der Waals surface area contributed by atoms with Crippen molar-refractivity contribution in [3.8, 4) is 11.1 Å². The summed E-state index contributed by atoms with van der Waals surface area (Å²) in [5.41, 5.74) is 5.75. The van der Waals surface area contributed by atoms with Gasteiger partial charge in [0, 0.05) is 8.80 Å². The number of rotatable bonds is 9. The van der Waals surface area contributed by atoms with Gasteiger partial charge in [-0.05, 0) is 72.1 Å². The second kappa shape index (κ2) is 12.2. The van der Waals surface area contributed by atoms with E-state index in [4.69, 9.17) is 0 Å². The van der Waals surface area contributed by atoms with Gasteiger partial charge in [0.15, 0.2) is 0 Å². The van der Waals surface area contributed by atoms with E-state index >= 15 is 0 Å². The molecule has 0 aromatic heterocycles. The van der Waals surface area contributed by atoms with E-state index in [0.717, 1.165) is 17.8 Å². The Labute approximate surface area is 199 Å². The highest BCUT2D eigenvalue weighted by atomic mass is 28.3. The van der Waals surface area contributed by atoms with Crippen LogP contribution in [0.1, 0.15) is 95.1 Å². The Morgan fingerprint density at radius 2 is 1.22 bits per heavy atom. The van der Waals surface area contributed by atoms with Crippen LogP contribution in [0.15, 0.2) is 48.5 Å². The maximum absolute atomic E-state index is 2.42. The second-order valence-corrected chi connectivity index (χ2v) is 14.5. The van der Waals surface area contributed by atoms with Crippen LogP contribution < -0.4 is 0 Å². The molecule has 0 nitrogen and oxygen atoms in total. The highest BCUT2D eigenvalue weighted by Crippen LogP contribution is 2.40. The van der Waals surface area contributed by atoms with Crippen LogP contribution in [-0.2, 0) is 6.42 Å². The van der Waals surface area contributed by atoms with Crippen molar-refractivity contribution in [1.29, 1.82) is 0 Å². The van der Waals surface area contributed by atoms with Crippen molar-refractivity contribution in [3.63, 3.8) is 0 Å². The van der Waals surface area contributed by atoms with E-state index in [1.54, 1.807) is 36.5 Å². The van der Waals surface area contributed by atoms with Crippen molar-refractivity contribution < 1.29 is 0 Å². The molecule has 0 N–H and O–H groups in total. The zero-order valence-electron chi connectivity index (χ0n) is 20.8. The molecule has 0 bridgehead atoms. The third kappa shape index (κ3) is 6.59. The molecule has 1 heterocycles. The van der Waals surface area contributed by atoms with Gasteiger partial charge in [0.1, 0.15) is 0 Å². The molecule has 4 rings (SSSR count). The van der Waals surface area contributed by atoms with E-state index in [1.165, 1.54) is 74.5 Å². The number of aryl methyl sites for hydroxylation is 1. The minimum absolute atomic E-state index is 0.297. The van der Waals surface area contributed by atoms with E-state index in [9.17, 15) is 0 Å². The predicted octanol–water partition coefficient (Wildman–Crippen LogP) is 9.41. The minimum Gasteiger partial charge on any atom is -0.0657 e. The first-order chi connectivity index (χ1) is 15.7. The number of hydrogen-bond acceptors (Lipinski definition) is 0. The highest BCUT2D eigenvalue weighted by Gasteiger charge is 2.25. The Bertz CT molecular complexity index is 774. The largest absolute Gasteiger partial charge is 0.0657 e. The lowest BCUT2D eigenvalue weighted by atomic mass is 9.76. The summed E-state index contributed by atoms with van der Waals surface area (Å²) in [7, 11) is -0.297. The van der Waals surface area contributed by atoms with E-state index in [2.05, 4.69) is 62.4 Å². The zero-order valence-corrected chi connectivity index (χ0v) is 22.0. The smallest absolute Gasteiger partial charge is 0.0367 e. The molecule has 2 fully saturated rings. The molecule has 32 heavy (non-hydrogen) atoms. The van der Waals surface area contributed by atoms with Crippen molar-refractivity contribution >= 4 is 8.80 Å². The molecule has 0 amide bonds. The Kier molecular flexibility index (Phi) is 9.08. The first-order valence-corrected chi connectivity index (χ1v) is 16.4. The van der Waals surface area contributed by atoms with Gasteiger partial charge in [-0.2, -0.15) is 0 Å². The number of benzene rings is 2. The van der Waals surface area contributed by atoms with E-state index in [1.807, 2.05) is 0 Å². The zero-order chi connectivity index (χ0) is 22.2. The minimum atomic E-state index is -0.297. The Morgan fingerprint density at radius 1 is 0.656 bits per heavy atom. The second-order valence-electron chi connectivity index (χ2n) is 11.0. The van der Waals surface area contributed by atoms with Crippen LogP contribution in [0.25, 0.3) is 11.1 Å². The molecule has 2 aromatic rings. The number of hydrogen-bond donors (Lipinski definition) is 0. The van der Waals surface area contributed by atoms with Crippen molar-refractivity contribution in [2.75, 3.05) is 0 Å². The maximum Gasteiger partial charge on any atom is 0.0367 e. The monoisotopic (exact) mass is 446 g/mol. The third-order valence-electron chi connectivity index (χ3n) is 8.70. The van der Waals surface area contributed by atoms with Gasteiger partial charge in [-0.3, -0.25) is 0 Å². The molecule has 2 aliphatic rings. The maximum atomic E-state index is 2.42. The van der Waals surface area contributed by atoms with Gasteiger partial charge < -0.3 is 0 Å². The molecule has 0 atom stereocenters. The molecular formula is C31H46Si. The van der Waals surface area contributed by atoms with Crippen LogP contribution in [0.5, 0.6) is 0 Å². The Balaban J connectivity index is 1.20. The highest BCUT2D eigenvalue weighted by molar-refractivity contribution is 6.58. The summed E-state index contributed by atoms with van der Waals surface area (Å²) in [6, 6.07) is 23.7. The molecule has 0 radical (unpaired) electrons. The quantitative estimate of drug-likeness (QED) is 0.336. The average Bonchev–Trinajstić information content (AvgIpc) is 2.85. The van der Waals surface area contributed by atoms with Crippen LogP contribution in [0.4, 0.5) is 0 Å². The summed E-state index contributed by atoms with van der Waals surface area (Å²) in [6.07, 6.45) is 15.8. The van der Waals surface area contributed by atoms with Crippen molar-refractivity contribution in [1.82, 2.24) is 0 Å². The van der Waals surface area contributed by atoms with Gasteiger partial charge >= 0.3 is 0 Å². The van der Waals surface area contributed by atoms with Crippen molar-refractivity contribution in [2.24, 2.45) is 11.8 Å². The van der Waals surface area contributed by atoms with Gasteiger partial charge in [0.2, 0.25) is 0 Å². The molecule has 1 aliphatic heterocycles. The van der Waals surface area contributed by atoms with Crippen LogP contribution in [-0.4, -0.2) is 8.80 Å². The van der Waals surface area contributed by atoms with E-state index in [0.29, 0.717) is 0 Å². The normalized spacial score (nSPS) is 26.2. The van der Waals surface area contributed by atoms with Crippen LogP contribution in [0.2, 0.25) is 18.1 Å². The molecule has 2 aromatic carbocycles. The summed E-state index contributed by atoms with van der Waals surface area (Å²) in [6.45, 7) is 4.64. The fourth-order valence-corrected chi connectivity index (χ4v) is 10.1. The molecular weight excluding hydrogens is 400 g/mol. The van der Waals surface area contributed by atoms with Gasteiger partial charge in [-0.1, -0.05) is 119 Å². The predicted molar refractivity (Wildman–Crippen MR) is 144 cm³/mol. The summed E-state index contributed by atoms with van der Waals surface area (Å²) in [5, 5.41) is 0. The van der Waals surface area contributed by atoms with E-state index in [-0.39, 0.29) is 8.80 Å². The molecule has 1 saturated carbocycles. The average molecular weight is 447 g/mol. The molecule has 0 unspecified atom stereocenters. The molecule has 0 spiro atoms. The fraction of sp³-hybridized carbons (Fsp3) is 0.613. The van der Waals surface area contributed by atoms with Gasteiger partial charge in [-0.25, -0.2) is 0 Å². The molecule has 1 saturated heterocycles. The SMILES string of the molecule is CCCc1ccc(-c2ccc(C3CCC(CCC4CC[SiH](CCC)CC4)CC3)cc2)cc1. The summed E-state index contributed by atoms with van der Waals surface area (Å²) in [4.78, 5) is 0. The van der Waals surface area contributed by atoms with Crippen molar-refractivity contribution in [3.05, 3.63) is 59.7 Å².